The van der Waals surface area contributed by atoms with Crippen LogP contribution in [-0.2, 0) is 9.53 Å². The third kappa shape index (κ3) is 2.40. The molecule has 0 saturated heterocycles. The van der Waals surface area contributed by atoms with Gasteiger partial charge in [-0.2, -0.15) is 0 Å². The van der Waals surface area contributed by atoms with Gasteiger partial charge in [0, 0.05) is 24.4 Å². The Morgan fingerprint density at radius 3 is 2.83 bits per heavy atom. The van der Waals surface area contributed by atoms with Gasteiger partial charge in [0.25, 0.3) is 0 Å². The van der Waals surface area contributed by atoms with E-state index >= 15 is 0 Å². The molecule has 4 nitrogen and oxygen atoms in total. The summed E-state index contributed by atoms with van der Waals surface area (Å²) < 4.78 is 5.34. The fraction of sp³-hybridized carbons (Fsp3) is 0.500. The lowest BCUT2D eigenvalue weighted by atomic mass is 10.1. The van der Waals surface area contributed by atoms with Gasteiger partial charge in [0.2, 0.25) is 5.91 Å². The third-order valence-corrected chi connectivity index (χ3v) is 3.12. The van der Waals surface area contributed by atoms with Gasteiger partial charge in [0.05, 0.1) is 6.61 Å². The Morgan fingerprint density at radius 1 is 1.33 bits per heavy atom. The molecule has 0 radical (unpaired) electrons. The average Bonchev–Trinajstić information content (AvgIpc) is 2.65. The number of anilines is 1. The zero-order valence-electron chi connectivity index (χ0n) is 11.0. The zero-order chi connectivity index (χ0) is 13.0. The molecule has 18 heavy (non-hydrogen) atoms. The maximum absolute atomic E-state index is 12.4. The highest BCUT2D eigenvalue weighted by Crippen LogP contribution is 2.35. The molecule has 1 aromatic rings. The van der Waals surface area contributed by atoms with E-state index in [2.05, 4.69) is 5.32 Å². The molecule has 1 atom stereocenters. The Kier molecular flexibility index (Phi) is 4.33. The van der Waals surface area contributed by atoms with Gasteiger partial charge in [-0.15, -0.1) is 0 Å². The van der Waals surface area contributed by atoms with Gasteiger partial charge in [-0.1, -0.05) is 25.1 Å². The molecule has 0 saturated carbocycles. The second-order valence-corrected chi connectivity index (χ2v) is 4.24. The van der Waals surface area contributed by atoms with E-state index < -0.39 is 0 Å². The normalized spacial score (nSPS) is 18.2. The lowest BCUT2D eigenvalue weighted by molar-refractivity contribution is -0.120. The third-order valence-electron chi connectivity index (χ3n) is 3.12. The molecular weight excluding hydrogens is 228 g/mol. The Morgan fingerprint density at radius 2 is 2.11 bits per heavy atom. The van der Waals surface area contributed by atoms with Crippen LogP contribution >= 0.6 is 0 Å². The molecule has 1 aliphatic rings. The Bertz CT molecular complexity index is 420. The maximum atomic E-state index is 12.4. The first kappa shape index (κ1) is 13.1. The maximum Gasteiger partial charge on any atom is 0.248 e. The van der Waals surface area contributed by atoms with Crippen molar-refractivity contribution in [2.24, 2.45) is 0 Å². The minimum Gasteiger partial charge on any atom is -0.380 e. The van der Waals surface area contributed by atoms with Crippen LogP contribution in [0.1, 0.15) is 25.5 Å². The van der Waals surface area contributed by atoms with Crippen molar-refractivity contribution in [3.8, 4) is 0 Å². The Balaban J connectivity index is 2.18. The van der Waals surface area contributed by atoms with Gasteiger partial charge in [-0.05, 0) is 19.5 Å². The van der Waals surface area contributed by atoms with Crippen molar-refractivity contribution < 1.29 is 9.53 Å². The van der Waals surface area contributed by atoms with E-state index in [4.69, 9.17) is 4.74 Å². The fourth-order valence-corrected chi connectivity index (χ4v) is 2.32. The van der Waals surface area contributed by atoms with Crippen LogP contribution in [0, 0.1) is 0 Å². The molecule has 0 aromatic heterocycles. The highest BCUT2D eigenvalue weighted by molar-refractivity contribution is 6.04. The number of rotatable bonds is 6. The number of benzene rings is 1. The average molecular weight is 248 g/mol. The molecule has 0 fully saturated rings. The molecule has 4 heteroatoms. The smallest absolute Gasteiger partial charge is 0.248 e. The van der Waals surface area contributed by atoms with Crippen molar-refractivity contribution in [1.29, 1.82) is 0 Å². The molecule has 1 aromatic carbocycles. The summed E-state index contributed by atoms with van der Waals surface area (Å²) in [4.78, 5) is 14.2. The van der Waals surface area contributed by atoms with Crippen LogP contribution in [0.4, 0.5) is 5.69 Å². The quantitative estimate of drug-likeness (QED) is 0.779. The topological polar surface area (TPSA) is 41.6 Å². The first-order chi connectivity index (χ1) is 8.79. The van der Waals surface area contributed by atoms with E-state index in [-0.39, 0.29) is 11.9 Å². The first-order valence-electron chi connectivity index (χ1n) is 6.51. The fourth-order valence-electron chi connectivity index (χ4n) is 2.32. The van der Waals surface area contributed by atoms with E-state index in [0.717, 1.165) is 17.8 Å². The second kappa shape index (κ2) is 5.98. The van der Waals surface area contributed by atoms with Crippen LogP contribution in [0.15, 0.2) is 24.3 Å². The van der Waals surface area contributed by atoms with Gasteiger partial charge >= 0.3 is 0 Å². The van der Waals surface area contributed by atoms with Crippen molar-refractivity contribution in [2.45, 2.75) is 19.9 Å². The Hall–Kier alpha value is -1.39. The molecule has 98 valence electrons. The molecule has 0 aliphatic carbocycles. The molecule has 1 heterocycles. The van der Waals surface area contributed by atoms with Crippen LogP contribution < -0.4 is 10.2 Å². The van der Waals surface area contributed by atoms with E-state index in [0.29, 0.717) is 19.8 Å². The summed E-state index contributed by atoms with van der Waals surface area (Å²) in [6.07, 6.45) is 0. The highest BCUT2D eigenvalue weighted by Gasteiger charge is 2.35. The van der Waals surface area contributed by atoms with Crippen LogP contribution in [0.25, 0.3) is 0 Å². The van der Waals surface area contributed by atoms with Crippen LogP contribution in [-0.4, -0.2) is 32.2 Å². The molecule has 1 N–H and O–H groups in total. The second-order valence-electron chi connectivity index (χ2n) is 4.24. The summed E-state index contributed by atoms with van der Waals surface area (Å²) in [5.41, 5.74) is 2.08. The van der Waals surface area contributed by atoms with E-state index in [1.165, 1.54) is 0 Å². The van der Waals surface area contributed by atoms with Crippen LogP contribution in [0.2, 0.25) is 0 Å². The molecule has 1 amide bonds. The SMILES string of the molecule is CCNC1C(=O)N(CCOCC)c2ccccc21. The van der Waals surface area contributed by atoms with Gasteiger partial charge in [0.1, 0.15) is 6.04 Å². The van der Waals surface area contributed by atoms with Gasteiger partial charge in [-0.3, -0.25) is 4.79 Å². The van der Waals surface area contributed by atoms with E-state index in [1.54, 1.807) is 0 Å². The van der Waals surface area contributed by atoms with Gasteiger partial charge in [-0.25, -0.2) is 0 Å². The first-order valence-corrected chi connectivity index (χ1v) is 6.51. The number of amides is 1. The Labute approximate surface area is 108 Å². The predicted octanol–water partition coefficient (Wildman–Crippen LogP) is 1.72. The molecule has 2 rings (SSSR count). The summed E-state index contributed by atoms with van der Waals surface area (Å²) in [5, 5.41) is 3.24. The minimum atomic E-state index is -0.201. The number of nitrogens with one attached hydrogen (secondary N) is 1. The molecular formula is C14H20N2O2. The molecule has 0 bridgehead atoms. The number of hydrogen-bond acceptors (Lipinski definition) is 3. The van der Waals surface area contributed by atoms with Crippen LogP contribution in [0.3, 0.4) is 0 Å². The van der Waals surface area contributed by atoms with Crippen LogP contribution in [0.5, 0.6) is 0 Å². The van der Waals surface area contributed by atoms with Gasteiger partial charge < -0.3 is 15.0 Å². The summed E-state index contributed by atoms with van der Waals surface area (Å²) in [6, 6.07) is 7.75. The number of likely N-dealkylation sites (N-methyl/N-ethyl adjacent to an activating group) is 1. The lowest BCUT2D eigenvalue weighted by Crippen LogP contribution is -2.36. The highest BCUT2D eigenvalue weighted by atomic mass is 16.5. The van der Waals surface area contributed by atoms with Crippen molar-refractivity contribution in [1.82, 2.24) is 5.32 Å². The number of nitrogens with zero attached hydrogens (tertiary/aromatic N) is 1. The standard InChI is InChI=1S/C14H20N2O2/c1-3-15-13-11-7-5-6-8-12(11)16(14(13)17)9-10-18-4-2/h5-8,13,15H,3-4,9-10H2,1-2H3. The number of ether oxygens (including phenoxy) is 1. The van der Waals surface area contributed by atoms with E-state index in [1.807, 2.05) is 43.0 Å². The summed E-state index contributed by atoms with van der Waals surface area (Å²) in [5.74, 6) is 0.123. The summed E-state index contributed by atoms with van der Waals surface area (Å²) in [6.45, 7) is 6.63. The van der Waals surface area contributed by atoms with Crippen molar-refractivity contribution >= 4 is 11.6 Å². The predicted molar refractivity (Wildman–Crippen MR) is 71.7 cm³/mol. The van der Waals surface area contributed by atoms with Crippen molar-refractivity contribution in [3.05, 3.63) is 29.8 Å². The van der Waals surface area contributed by atoms with E-state index in [9.17, 15) is 4.79 Å². The molecule has 1 aliphatic heterocycles. The number of carbonyl (C=O) groups excluding carboxylic acids is 1. The van der Waals surface area contributed by atoms with Crippen molar-refractivity contribution in [3.63, 3.8) is 0 Å². The summed E-state index contributed by atoms with van der Waals surface area (Å²) >= 11 is 0. The molecule has 0 spiro atoms. The summed E-state index contributed by atoms with van der Waals surface area (Å²) in [7, 11) is 0. The number of hydrogen-bond donors (Lipinski definition) is 1. The number of carbonyl (C=O) groups is 1. The molecule has 1 unspecified atom stereocenters. The van der Waals surface area contributed by atoms with Gasteiger partial charge in [0.15, 0.2) is 0 Å². The van der Waals surface area contributed by atoms with Crippen molar-refractivity contribution in [2.75, 3.05) is 31.2 Å². The number of fused-ring (bicyclic) bond motifs is 1. The monoisotopic (exact) mass is 248 g/mol. The number of para-hydroxylation sites is 1. The minimum absolute atomic E-state index is 0.123. The lowest BCUT2D eigenvalue weighted by Gasteiger charge is -2.17. The zero-order valence-corrected chi connectivity index (χ0v) is 11.0. The largest absolute Gasteiger partial charge is 0.380 e.